The lowest BCUT2D eigenvalue weighted by molar-refractivity contribution is -0.149. The zero-order chi connectivity index (χ0) is 23.7. The monoisotopic (exact) mass is 465 g/mol. The van der Waals surface area contributed by atoms with E-state index in [0.29, 0.717) is 17.2 Å². The van der Waals surface area contributed by atoms with Crippen molar-refractivity contribution in [1.29, 1.82) is 0 Å². The number of carboxylic acid groups (broad SMARTS) is 1. The van der Waals surface area contributed by atoms with Crippen molar-refractivity contribution in [3.05, 3.63) is 34.9 Å². The fourth-order valence-corrected chi connectivity index (χ4v) is 4.12. The third-order valence-corrected chi connectivity index (χ3v) is 5.60. The zero-order valence-corrected chi connectivity index (χ0v) is 19.3. The van der Waals surface area contributed by atoms with Crippen LogP contribution >= 0.6 is 11.6 Å². The maximum absolute atomic E-state index is 13.2. The fraction of sp³-hybridized carbons (Fsp3) is 0.545. The van der Waals surface area contributed by atoms with Crippen molar-refractivity contribution in [1.82, 2.24) is 10.2 Å². The second-order valence-corrected chi connectivity index (χ2v) is 9.57. The molecule has 0 aliphatic carbocycles. The third kappa shape index (κ3) is 5.32. The lowest BCUT2D eigenvalue weighted by Crippen LogP contribution is -2.52. The van der Waals surface area contributed by atoms with E-state index in [1.807, 2.05) is 6.07 Å². The van der Waals surface area contributed by atoms with E-state index in [1.165, 1.54) is 4.90 Å². The van der Waals surface area contributed by atoms with Crippen molar-refractivity contribution in [2.75, 3.05) is 6.54 Å². The van der Waals surface area contributed by atoms with E-state index in [-0.39, 0.29) is 19.4 Å². The number of carbonyl (C=O) groups is 3. The van der Waals surface area contributed by atoms with E-state index >= 15 is 0 Å². The largest absolute Gasteiger partial charge is 0.480 e. The molecule has 0 bridgehead atoms. The number of ether oxygens (including phenoxy) is 1. The molecular weight excluding hydrogens is 438 g/mol. The van der Waals surface area contributed by atoms with Gasteiger partial charge in [-0.1, -0.05) is 35.8 Å². The molecule has 32 heavy (non-hydrogen) atoms. The first kappa shape index (κ1) is 23.8. The van der Waals surface area contributed by atoms with Crippen molar-refractivity contribution in [3.8, 4) is 0 Å². The van der Waals surface area contributed by atoms with Gasteiger partial charge in [0.05, 0.1) is 12.3 Å². The second kappa shape index (κ2) is 8.97. The minimum atomic E-state index is -1.14. The fourth-order valence-electron chi connectivity index (χ4n) is 3.93. The van der Waals surface area contributed by atoms with Crippen LogP contribution in [-0.4, -0.2) is 63.5 Å². The molecule has 0 saturated carbocycles. The van der Waals surface area contributed by atoms with Crippen LogP contribution in [0.2, 0.25) is 5.02 Å². The summed E-state index contributed by atoms with van der Waals surface area (Å²) in [6.07, 6.45) is -0.0250. The van der Waals surface area contributed by atoms with Crippen LogP contribution in [0.3, 0.4) is 0 Å². The van der Waals surface area contributed by atoms with Crippen LogP contribution in [-0.2, 0) is 19.2 Å². The van der Waals surface area contributed by atoms with Gasteiger partial charge in [0.25, 0.3) is 0 Å². The Morgan fingerprint density at radius 2 is 2.12 bits per heavy atom. The highest BCUT2D eigenvalue weighted by Crippen LogP contribution is 2.39. The molecule has 9 nitrogen and oxygen atoms in total. The van der Waals surface area contributed by atoms with E-state index in [2.05, 4.69) is 10.5 Å². The first-order valence-electron chi connectivity index (χ1n) is 10.5. The third-order valence-electron chi connectivity index (χ3n) is 5.36. The van der Waals surface area contributed by atoms with Crippen LogP contribution in [0.15, 0.2) is 29.4 Å². The molecule has 2 amide bonds. The Balaban J connectivity index is 1.74. The molecule has 2 N–H and O–H groups in total. The number of aliphatic carboxylic acids is 1. The average Bonchev–Trinajstić information content (AvgIpc) is 3.28. The van der Waals surface area contributed by atoms with Gasteiger partial charge >= 0.3 is 12.1 Å². The minimum Gasteiger partial charge on any atom is -0.480 e. The topological polar surface area (TPSA) is 118 Å². The maximum atomic E-state index is 13.2. The number of nitrogens with zero attached hydrogens (tertiary/aromatic N) is 2. The Hall–Kier alpha value is -2.81. The van der Waals surface area contributed by atoms with E-state index < -0.39 is 41.3 Å². The molecule has 2 heterocycles. The number of nitrogens with one attached hydrogen (secondary N) is 1. The van der Waals surface area contributed by atoms with Crippen LogP contribution in [0.25, 0.3) is 0 Å². The minimum absolute atomic E-state index is 0.0445. The Morgan fingerprint density at radius 3 is 2.72 bits per heavy atom. The maximum Gasteiger partial charge on any atom is 0.408 e. The molecule has 3 atom stereocenters. The number of halogens is 1. The van der Waals surface area contributed by atoms with Crippen LogP contribution in [0.5, 0.6) is 0 Å². The Labute approximate surface area is 191 Å². The SMILES string of the molecule is CC[C@H](NC(=O)OC(C)(C)C)C(=O)N1C[C@@]2(CC(c3cccc(Cl)c3)=NO2)C[C@H]1C(=O)O. The normalized spacial score (nSPS) is 23.5. The summed E-state index contributed by atoms with van der Waals surface area (Å²) in [6.45, 7) is 6.93. The number of alkyl carbamates (subject to hydrolysis) is 1. The molecule has 10 heteroatoms. The molecule has 1 fully saturated rings. The summed E-state index contributed by atoms with van der Waals surface area (Å²) < 4.78 is 5.23. The highest BCUT2D eigenvalue weighted by Gasteiger charge is 2.54. The summed E-state index contributed by atoms with van der Waals surface area (Å²) in [7, 11) is 0. The summed E-state index contributed by atoms with van der Waals surface area (Å²) in [6, 6.07) is 5.13. The first-order chi connectivity index (χ1) is 14.9. The number of oxime groups is 1. The van der Waals surface area contributed by atoms with Crippen LogP contribution in [0.1, 0.15) is 52.5 Å². The molecular formula is C22H28ClN3O6. The van der Waals surface area contributed by atoms with E-state index in [4.69, 9.17) is 21.2 Å². The van der Waals surface area contributed by atoms with Gasteiger partial charge in [-0.25, -0.2) is 9.59 Å². The molecule has 1 saturated heterocycles. The van der Waals surface area contributed by atoms with Crippen molar-refractivity contribution in [2.45, 2.75) is 70.2 Å². The van der Waals surface area contributed by atoms with Gasteiger partial charge in [0.15, 0.2) is 5.60 Å². The number of carboxylic acids is 1. The van der Waals surface area contributed by atoms with E-state index in [1.54, 1.807) is 45.9 Å². The van der Waals surface area contributed by atoms with Crippen molar-refractivity contribution in [2.24, 2.45) is 5.16 Å². The standard InChI is InChI=1S/C22H28ClN3O6/c1-5-15(24-20(30)31-21(2,3)4)18(27)26-12-22(11-17(26)19(28)29)10-16(25-32-22)13-7-6-8-14(23)9-13/h6-9,15,17H,5,10-12H2,1-4H3,(H,24,30)(H,28,29)/t15-,17-,22+/m0/s1. The number of carbonyl (C=O) groups excluding carboxylic acids is 2. The molecule has 0 aromatic heterocycles. The Morgan fingerprint density at radius 1 is 1.41 bits per heavy atom. The zero-order valence-electron chi connectivity index (χ0n) is 18.6. The molecule has 0 unspecified atom stereocenters. The Kier molecular flexibility index (Phi) is 6.69. The Bertz CT molecular complexity index is 944. The molecule has 1 aromatic rings. The van der Waals surface area contributed by atoms with E-state index in [9.17, 15) is 19.5 Å². The van der Waals surface area contributed by atoms with Gasteiger partial charge in [0.2, 0.25) is 5.91 Å². The summed E-state index contributed by atoms with van der Waals surface area (Å²) in [4.78, 5) is 44.3. The number of hydrogen-bond donors (Lipinski definition) is 2. The van der Waals surface area contributed by atoms with Crippen molar-refractivity contribution in [3.63, 3.8) is 0 Å². The van der Waals surface area contributed by atoms with Gasteiger partial charge in [-0.05, 0) is 39.3 Å². The molecule has 3 rings (SSSR count). The molecule has 174 valence electrons. The first-order valence-corrected chi connectivity index (χ1v) is 10.8. The number of hydrogen-bond acceptors (Lipinski definition) is 6. The van der Waals surface area contributed by atoms with Gasteiger partial charge in [-0.15, -0.1) is 0 Å². The van der Waals surface area contributed by atoms with Crippen LogP contribution in [0, 0.1) is 0 Å². The van der Waals surface area contributed by atoms with Crippen LogP contribution in [0.4, 0.5) is 4.79 Å². The predicted octanol–water partition coefficient (Wildman–Crippen LogP) is 3.19. The molecule has 1 spiro atoms. The molecule has 0 radical (unpaired) electrons. The number of likely N-dealkylation sites (tertiary alicyclic amines) is 1. The second-order valence-electron chi connectivity index (χ2n) is 9.13. The lowest BCUT2D eigenvalue weighted by Gasteiger charge is -2.28. The van der Waals surface area contributed by atoms with Gasteiger partial charge in [0, 0.05) is 23.4 Å². The average molecular weight is 466 g/mol. The van der Waals surface area contributed by atoms with Gasteiger partial charge in [0.1, 0.15) is 17.7 Å². The predicted molar refractivity (Wildman–Crippen MR) is 118 cm³/mol. The van der Waals surface area contributed by atoms with Gasteiger partial charge in [-0.3, -0.25) is 4.79 Å². The molecule has 2 aliphatic rings. The van der Waals surface area contributed by atoms with Crippen molar-refractivity contribution >= 4 is 35.3 Å². The summed E-state index contributed by atoms with van der Waals surface area (Å²) in [5.74, 6) is -1.63. The number of rotatable bonds is 5. The summed E-state index contributed by atoms with van der Waals surface area (Å²) >= 11 is 6.07. The van der Waals surface area contributed by atoms with E-state index in [0.717, 1.165) is 5.56 Å². The number of benzene rings is 1. The quantitative estimate of drug-likeness (QED) is 0.689. The molecule has 1 aromatic carbocycles. The summed E-state index contributed by atoms with van der Waals surface area (Å²) in [5.41, 5.74) is -0.243. The smallest absolute Gasteiger partial charge is 0.408 e. The molecule has 2 aliphatic heterocycles. The van der Waals surface area contributed by atoms with Gasteiger partial charge < -0.3 is 24.9 Å². The highest BCUT2D eigenvalue weighted by molar-refractivity contribution is 6.31. The number of amides is 2. The van der Waals surface area contributed by atoms with Crippen LogP contribution < -0.4 is 5.32 Å². The van der Waals surface area contributed by atoms with Crippen molar-refractivity contribution < 1.29 is 29.1 Å². The summed E-state index contributed by atoms with van der Waals surface area (Å²) in [5, 5.41) is 17.0. The lowest BCUT2D eigenvalue weighted by atomic mass is 9.92. The van der Waals surface area contributed by atoms with Gasteiger partial charge in [-0.2, -0.15) is 0 Å². The highest BCUT2D eigenvalue weighted by atomic mass is 35.5.